The first-order valence-electron chi connectivity index (χ1n) is 9.73. The average molecular weight is 483 g/mol. The van der Waals surface area contributed by atoms with Gasteiger partial charge in [0.2, 0.25) is 10.0 Å². The number of hydrogen-bond acceptors (Lipinski definition) is 7. The lowest BCUT2D eigenvalue weighted by Gasteiger charge is -2.26. The number of carbonyl (C=O) groups excluding carboxylic acids is 2. The molecule has 2 aromatic carbocycles. The van der Waals surface area contributed by atoms with Crippen molar-refractivity contribution >= 4 is 39.2 Å². The summed E-state index contributed by atoms with van der Waals surface area (Å²) in [7, 11) is -2.19. The molecule has 0 spiro atoms. The van der Waals surface area contributed by atoms with E-state index in [0.717, 1.165) is 5.56 Å². The third kappa shape index (κ3) is 6.05. The second kappa shape index (κ2) is 10.9. The monoisotopic (exact) mass is 482 g/mol. The van der Waals surface area contributed by atoms with Gasteiger partial charge in [0.05, 0.1) is 41.0 Å². The van der Waals surface area contributed by atoms with E-state index >= 15 is 0 Å². The van der Waals surface area contributed by atoms with Crippen LogP contribution in [0.5, 0.6) is 0 Å². The molecule has 3 rings (SSSR count). The van der Waals surface area contributed by atoms with E-state index in [1.54, 1.807) is 31.4 Å². The van der Waals surface area contributed by atoms with Crippen molar-refractivity contribution in [3.63, 3.8) is 0 Å². The minimum atomic E-state index is -3.76. The van der Waals surface area contributed by atoms with Gasteiger partial charge in [-0.3, -0.25) is 4.79 Å². The van der Waals surface area contributed by atoms with E-state index in [1.807, 2.05) is 0 Å². The number of sulfonamides is 1. The highest BCUT2D eigenvalue weighted by Gasteiger charge is 2.27. The molecule has 0 saturated carbocycles. The molecule has 1 amide bonds. The van der Waals surface area contributed by atoms with Crippen molar-refractivity contribution in [3.05, 3.63) is 58.6 Å². The van der Waals surface area contributed by atoms with Crippen LogP contribution in [0.2, 0.25) is 5.02 Å². The third-order valence-electron chi connectivity index (χ3n) is 4.65. The molecule has 1 heterocycles. The molecule has 1 saturated heterocycles. The zero-order valence-electron chi connectivity index (χ0n) is 17.4. The van der Waals surface area contributed by atoms with Gasteiger partial charge in [-0.1, -0.05) is 23.7 Å². The number of esters is 1. The fourth-order valence-electron chi connectivity index (χ4n) is 3.00. The predicted octanol–water partition coefficient (Wildman–Crippen LogP) is 2.30. The van der Waals surface area contributed by atoms with Gasteiger partial charge < -0.3 is 19.5 Å². The lowest BCUT2D eigenvalue weighted by molar-refractivity contribution is -0.119. The Morgan fingerprint density at radius 3 is 2.47 bits per heavy atom. The van der Waals surface area contributed by atoms with E-state index in [-0.39, 0.29) is 34.3 Å². The lowest BCUT2D eigenvalue weighted by Crippen LogP contribution is -2.40. The number of ether oxygens (including phenoxy) is 3. The summed E-state index contributed by atoms with van der Waals surface area (Å²) in [6, 6.07) is 10.6. The summed E-state index contributed by atoms with van der Waals surface area (Å²) in [6.45, 7) is 0.978. The Morgan fingerprint density at radius 2 is 1.81 bits per heavy atom. The van der Waals surface area contributed by atoms with Crippen molar-refractivity contribution in [1.82, 2.24) is 4.31 Å². The van der Waals surface area contributed by atoms with Crippen LogP contribution in [0.25, 0.3) is 0 Å². The van der Waals surface area contributed by atoms with Gasteiger partial charge in [0.15, 0.2) is 6.61 Å². The Bertz CT molecular complexity index is 1070. The fraction of sp³-hybridized carbons (Fsp3) is 0.333. The van der Waals surface area contributed by atoms with Crippen molar-refractivity contribution in [3.8, 4) is 0 Å². The molecule has 0 bridgehead atoms. The quantitative estimate of drug-likeness (QED) is 0.574. The standard InChI is InChI=1S/C21H23ClN2O7S/c1-29-13-15-2-4-16(5-3-15)21(26)31-14-20(25)23-19-12-17(6-7-18(19)22)32(27,28)24-8-10-30-11-9-24/h2-7,12H,8-11,13-14H2,1H3,(H,23,25). The van der Waals surface area contributed by atoms with Gasteiger partial charge in [-0.05, 0) is 35.9 Å². The Labute approximate surface area is 191 Å². The van der Waals surface area contributed by atoms with Gasteiger partial charge >= 0.3 is 5.97 Å². The van der Waals surface area contributed by atoms with Crippen LogP contribution in [0.3, 0.4) is 0 Å². The van der Waals surface area contributed by atoms with E-state index in [0.29, 0.717) is 19.8 Å². The van der Waals surface area contributed by atoms with Crippen LogP contribution in [0.4, 0.5) is 5.69 Å². The van der Waals surface area contributed by atoms with Crippen molar-refractivity contribution < 1.29 is 32.2 Å². The number of nitrogens with zero attached hydrogens (tertiary/aromatic N) is 1. The summed E-state index contributed by atoms with van der Waals surface area (Å²) in [5.41, 5.74) is 1.28. The fourth-order valence-corrected chi connectivity index (χ4v) is 4.60. The number of amides is 1. The summed E-state index contributed by atoms with van der Waals surface area (Å²) in [4.78, 5) is 24.4. The van der Waals surface area contributed by atoms with Gasteiger partial charge in [0.25, 0.3) is 5.91 Å². The van der Waals surface area contributed by atoms with E-state index in [2.05, 4.69) is 5.32 Å². The Balaban J connectivity index is 1.62. The maximum Gasteiger partial charge on any atom is 0.338 e. The first kappa shape index (κ1) is 24.1. The van der Waals surface area contributed by atoms with Gasteiger partial charge in [-0.2, -0.15) is 4.31 Å². The number of methoxy groups -OCH3 is 1. The van der Waals surface area contributed by atoms with Crippen LogP contribution in [-0.4, -0.2) is 64.6 Å². The van der Waals surface area contributed by atoms with Crippen LogP contribution in [-0.2, 0) is 35.6 Å². The Kier molecular flexibility index (Phi) is 8.21. The number of anilines is 1. The van der Waals surface area contributed by atoms with Crippen molar-refractivity contribution in [2.45, 2.75) is 11.5 Å². The maximum absolute atomic E-state index is 12.8. The molecular weight excluding hydrogens is 460 g/mol. The van der Waals surface area contributed by atoms with Crippen LogP contribution in [0, 0.1) is 0 Å². The topological polar surface area (TPSA) is 111 Å². The summed E-state index contributed by atoms with van der Waals surface area (Å²) < 4.78 is 42.2. The van der Waals surface area contributed by atoms with Crippen molar-refractivity contribution in [1.29, 1.82) is 0 Å². The van der Waals surface area contributed by atoms with E-state index in [4.69, 9.17) is 25.8 Å². The molecule has 9 nitrogen and oxygen atoms in total. The molecule has 0 radical (unpaired) electrons. The second-order valence-electron chi connectivity index (χ2n) is 6.91. The molecule has 2 aromatic rings. The number of hydrogen-bond donors (Lipinski definition) is 1. The van der Waals surface area contributed by atoms with Crippen LogP contribution < -0.4 is 5.32 Å². The molecule has 1 fully saturated rings. The number of benzene rings is 2. The normalized spacial score (nSPS) is 14.7. The minimum Gasteiger partial charge on any atom is -0.452 e. The highest BCUT2D eigenvalue weighted by molar-refractivity contribution is 7.89. The van der Waals surface area contributed by atoms with Crippen LogP contribution in [0.15, 0.2) is 47.4 Å². The van der Waals surface area contributed by atoms with Crippen LogP contribution >= 0.6 is 11.6 Å². The highest BCUT2D eigenvalue weighted by Crippen LogP contribution is 2.27. The van der Waals surface area contributed by atoms with Gasteiger partial charge in [-0.25, -0.2) is 13.2 Å². The van der Waals surface area contributed by atoms with Crippen LogP contribution in [0.1, 0.15) is 15.9 Å². The molecule has 172 valence electrons. The Hall–Kier alpha value is -2.50. The third-order valence-corrected chi connectivity index (χ3v) is 6.88. The summed E-state index contributed by atoms with van der Waals surface area (Å²) in [6.07, 6.45) is 0. The molecule has 11 heteroatoms. The summed E-state index contributed by atoms with van der Waals surface area (Å²) >= 11 is 6.11. The van der Waals surface area contributed by atoms with E-state index in [1.165, 1.54) is 22.5 Å². The molecule has 1 aliphatic rings. The first-order valence-corrected chi connectivity index (χ1v) is 11.6. The smallest absolute Gasteiger partial charge is 0.338 e. The highest BCUT2D eigenvalue weighted by atomic mass is 35.5. The molecule has 1 aliphatic heterocycles. The molecule has 0 aromatic heterocycles. The van der Waals surface area contributed by atoms with E-state index in [9.17, 15) is 18.0 Å². The molecule has 32 heavy (non-hydrogen) atoms. The summed E-state index contributed by atoms with van der Waals surface area (Å²) in [5, 5.41) is 2.64. The number of carbonyl (C=O) groups is 2. The second-order valence-corrected chi connectivity index (χ2v) is 9.26. The minimum absolute atomic E-state index is 0.00718. The molecule has 0 aliphatic carbocycles. The molecule has 0 unspecified atom stereocenters. The number of nitrogens with one attached hydrogen (secondary N) is 1. The molecular formula is C21H23ClN2O7S. The van der Waals surface area contributed by atoms with Gasteiger partial charge in [-0.15, -0.1) is 0 Å². The Morgan fingerprint density at radius 1 is 1.12 bits per heavy atom. The zero-order chi connectivity index (χ0) is 23.1. The molecule has 0 atom stereocenters. The number of halogens is 1. The SMILES string of the molecule is COCc1ccc(C(=O)OCC(=O)Nc2cc(S(=O)(=O)N3CCOCC3)ccc2Cl)cc1. The number of rotatable bonds is 8. The average Bonchev–Trinajstić information content (AvgIpc) is 2.80. The van der Waals surface area contributed by atoms with Gasteiger partial charge in [0, 0.05) is 20.2 Å². The van der Waals surface area contributed by atoms with Crippen molar-refractivity contribution in [2.75, 3.05) is 45.3 Å². The maximum atomic E-state index is 12.8. The number of morpholine rings is 1. The largest absolute Gasteiger partial charge is 0.452 e. The van der Waals surface area contributed by atoms with Crippen molar-refractivity contribution in [2.24, 2.45) is 0 Å². The predicted molar refractivity (Wildman–Crippen MR) is 117 cm³/mol. The van der Waals surface area contributed by atoms with Gasteiger partial charge in [0.1, 0.15) is 0 Å². The first-order chi connectivity index (χ1) is 15.3. The van der Waals surface area contributed by atoms with E-state index < -0.39 is 28.5 Å². The summed E-state index contributed by atoms with van der Waals surface area (Å²) in [5.74, 6) is -1.32. The molecule has 1 N–H and O–H groups in total. The lowest BCUT2D eigenvalue weighted by atomic mass is 10.1. The zero-order valence-corrected chi connectivity index (χ0v) is 18.9.